The van der Waals surface area contributed by atoms with Gasteiger partial charge in [0.25, 0.3) is 0 Å². The van der Waals surface area contributed by atoms with Gasteiger partial charge >= 0.3 is 0 Å². The van der Waals surface area contributed by atoms with Gasteiger partial charge in [-0.25, -0.2) is 0 Å². The Kier molecular flexibility index (Phi) is 3.04. The van der Waals surface area contributed by atoms with Crippen molar-refractivity contribution in [1.29, 1.82) is 0 Å². The minimum absolute atomic E-state index is 0.0974. The van der Waals surface area contributed by atoms with Crippen LogP contribution in [0.4, 0.5) is 0 Å². The van der Waals surface area contributed by atoms with Crippen molar-refractivity contribution < 1.29 is 14.6 Å². The zero-order chi connectivity index (χ0) is 11.7. The van der Waals surface area contributed by atoms with Crippen LogP contribution in [0.25, 0.3) is 0 Å². The summed E-state index contributed by atoms with van der Waals surface area (Å²) in [5, 5.41) is 10.1. The van der Waals surface area contributed by atoms with Gasteiger partial charge in [0.15, 0.2) is 0 Å². The molecule has 2 unspecified atom stereocenters. The normalized spacial score (nSPS) is 32.6. The van der Waals surface area contributed by atoms with Crippen molar-refractivity contribution in [1.82, 2.24) is 0 Å². The minimum atomic E-state index is -0.396. The van der Waals surface area contributed by atoms with E-state index in [0.29, 0.717) is 12.3 Å². The summed E-state index contributed by atoms with van der Waals surface area (Å²) < 4.78 is 11.5. The van der Waals surface area contributed by atoms with Crippen LogP contribution in [0.3, 0.4) is 0 Å². The number of benzene rings is 1. The number of rotatable bonds is 1. The van der Waals surface area contributed by atoms with Crippen LogP contribution >= 0.6 is 0 Å². The summed E-state index contributed by atoms with van der Waals surface area (Å²) in [6, 6.07) is 7.77. The van der Waals surface area contributed by atoms with Crippen LogP contribution in [0.2, 0.25) is 0 Å². The average Bonchev–Trinajstić information content (AvgIpc) is 2.40. The standard InChI is InChI=1S/C14H18O3/c15-12-8-14(10-4-3-7-16-9-10)17-13-6-2-1-5-11(12)13/h1-2,5-6,10,12,14-15H,3-4,7-9H2/t10?,12-,14?/m0/s1. The number of aliphatic hydroxyl groups excluding tert-OH is 1. The predicted molar refractivity (Wildman–Crippen MR) is 64.0 cm³/mol. The Hall–Kier alpha value is -1.06. The fraction of sp³-hybridized carbons (Fsp3) is 0.571. The lowest BCUT2D eigenvalue weighted by atomic mass is 9.88. The summed E-state index contributed by atoms with van der Waals surface area (Å²) in [6.07, 6.45) is 2.62. The Balaban J connectivity index is 1.78. The van der Waals surface area contributed by atoms with Crippen LogP contribution in [-0.2, 0) is 4.74 Å². The van der Waals surface area contributed by atoms with E-state index in [1.54, 1.807) is 0 Å². The monoisotopic (exact) mass is 234 g/mol. The fourth-order valence-corrected chi connectivity index (χ4v) is 2.77. The summed E-state index contributed by atoms with van der Waals surface area (Å²) in [5.74, 6) is 1.26. The van der Waals surface area contributed by atoms with Crippen LogP contribution in [0.15, 0.2) is 24.3 Å². The lowest BCUT2D eigenvalue weighted by Crippen LogP contribution is -2.37. The molecule has 1 aromatic rings. The molecule has 0 spiro atoms. The van der Waals surface area contributed by atoms with Crippen LogP contribution in [0, 0.1) is 5.92 Å². The number of hydrogen-bond acceptors (Lipinski definition) is 3. The minimum Gasteiger partial charge on any atom is -0.490 e. The smallest absolute Gasteiger partial charge is 0.125 e. The van der Waals surface area contributed by atoms with E-state index in [4.69, 9.17) is 9.47 Å². The first-order valence-corrected chi connectivity index (χ1v) is 6.36. The van der Waals surface area contributed by atoms with Crippen molar-refractivity contribution in [3.8, 4) is 5.75 Å². The molecular weight excluding hydrogens is 216 g/mol. The molecule has 2 aliphatic rings. The molecule has 1 N–H and O–H groups in total. The lowest BCUT2D eigenvalue weighted by Gasteiger charge is -2.36. The van der Waals surface area contributed by atoms with Crippen molar-refractivity contribution in [2.75, 3.05) is 13.2 Å². The molecule has 2 aliphatic heterocycles. The average molecular weight is 234 g/mol. The van der Waals surface area contributed by atoms with E-state index in [1.807, 2.05) is 24.3 Å². The number of fused-ring (bicyclic) bond motifs is 1. The fourth-order valence-electron chi connectivity index (χ4n) is 2.77. The molecule has 0 saturated carbocycles. The number of para-hydroxylation sites is 1. The molecule has 3 rings (SSSR count). The number of ether oxygens (including phenoxy) is 2. The molecule has 0 aromatic heterocycles. The molecule has 0 bridgehead atoms. The first-order valence-electron chi connectivity index (χ1n) is 6.36. The molecule has 2 heterocycles. The van der Waals surface area contributed by atoms with Gasteiger partial charge in [-0.2, -0.15) is 0 Å². The molecule has 3 nitrogen and oxygen atoms in total. The molecule has 0 amide bonds. The molecule has 0 aliphatic carbocycles. The number of hydrogen-bond donors (Lipinski definition) is 1. The topological polar surface area (TPSA) is 38.7 Å². The third-order valence-electron chi connectivity index (χ3n) is 3.73. The summed E-state index contributed by atoms with van der Waals surface area (Å²) >= 11 is 0. The first-order chi connectivity index (χ1) is 8.34. The Labute approximate surface area is 101 Å². The molecule has 1 fully saturated rings. The molecule has 1 saturated heterocycles. The second kappa shape index (κ2) is 4.67. The van der Waals surface area contributed by atoms with Crippen molar-refractivity contribution >= 4 is 0 Å². The van der Waals surface area contributed by atoms with Gasteiger partial charge in [0.1, 0.15) is 11.9 Å². The highest BCUT2D eigenvalue weighted by molar-refractivity contribution is 5.37. The Morgan fingerprint density at radius 2 is 2.12 bits per heavy atom. The molecular formula is C14H18O3. The Bertz CT molecular complexity index is 385. The van der Waals surface area contributed by atoms with E-state index < -0.39 is 6.10 Å². The summed E-state index contributed by atoms with van der Waals surface area (Å²) in [6.45, 7) is 1.63. The third-order valence-corrected chi connectivity index (χ3v) is 3.73. The second-order valence-electron chi connectivity index (χ2n) is 4.92. The second-order valence-corrected chi connectivity index (χ2v) is 4.92. The molecule has 1 aromatic carbocycles. The molecule has 0 radical (unpaired) electrons. The van der Waals surface area contributed by atoms with E-state index in [9.17, 15) is 5.11 Å². The SMILES string of the molecule is O[C@H]1CC(C2CCCOC2)Oc2ccccc21. The van der Waals surface area contributed by atoms with E-state index >= 15 is 0 Å². The Morgan fingerprint density at radius 1 is 1.24 bits per heavy atom. The van der Waals surface area contributed by atoms with Gasteiger partial charge in [0.05, 0.1) is 12.7 Å². The van der Waals surface area contributed by atoms with Crippen LogP contribution in [0.1, 0.15) is 30.9 Å². The first kappa shape index (κ1) is 11.1. The van der Waals surface area contributed by atoms with Crippen molar-refractivity contribution in [3.63, 3.8) is 0 Å². The number of aliphatic hydroxyl groups is 1. The van der Waals surface area contributed by atoms with Crippen LogP contribution in [-0.4, -0.2) is 24.4 Å². The van der Waals surface area contributed by atoms with Gasteiger partial charge in [-0.3, -0.25) is 0 Å². The highest BCUT2D eigenvalue weighted by Gasteiger charge is 2.33. The molecule has 92 valence electrons. The quantitative estimate of drug-likeness (QED) is 0.810. The Morgan fingerprint density at radius 3 is 2.94 bits per heavy atom. The van der Waals surface area contributed by atoms with E-state index in [1.165, 1.54) is 0 Å². The van der Waals surface area contributed by atoms with Crippen molar-refractivity contribution in [3.05, 3.63) is 29.8 Å². The van der Waals surface area contributed by atoms with Crippen LogP contribution in [0.5, 0.6) is 5.75 Å². The van der Waals surface area contributed by atoms with Gasteiger partial charge in [0, 0.05) is 24.5 Å². The van der Waals surface area contributed by atoms with Crippen molar-refractivity contribution in [2.45, 2.75) is 31.5 Å². The summed E-state index contributed by atoms with van der Waals surface area (Å²) in [4.78, 5) is 0. The molecule has 17 heavy (non-hydrogen) atoms. The van der Waals surface area contributed by atoms with E-state index in [2.05, 4.69) is 0 Å². The summed E-state index contributed by atoms with van der Waals surface area (Å²) in [7, 11) is 0. The molecule has 3 heteroatoms. The van der Waals surface area contributed by atoms with Gasteiger partial charge in [-0.05, 0) is 18.9 Å². The highest BCUT2D eigenvalue weighted by atomic mass is 16.5. The highest BCUT2D eigenvalue weighted by Crippen LogP contribution is 2.38. The van der Waals surface area contributed by atoms with Gasteiger partial charge in [-0.15, -0.1) is 0 Å². The van der Waals surface area contributed by atoms with E-state index in [0.717, 1.165) is 37.4 Å². The van der Waals surface area contributed by atoms with Crippen molar-refractivity contribution in [2.24, 2.45) is 5.92 Å². The maximum Gasteiger partial charge on any atom is 0.125 e. The van der Waals surface area contributed by atoms with E-state index in [-0.39, 0.29) is 6.10 Å². The maximum atomic E-state index is 10.1. The van der Waals surface area contributed by atoms with Gasteiger partial charge in [0.2, 0.25) is 0 Å². The third kappa shape index (κ3) is 2.17. The largest absolute Gasteiger partial charge is 0.490 e. The zero-order valence-electron chi connectivity index (χ0n) is 9.84. The summed E-state index contributed by atoms with van der Waals surface area (Å²) in [5.41, 5.74) is 0.917. The van der Waals surface area contributed by atoms with Crippen LogP contribution < -0.4 is 4.74 Å². The zero-order valence-corrected chi connectivity index (χ0v) is 9.84. The lowest BCUT2D eigenvalue weighted by molar-refractivity contribution is -0.0285. The maximum absolute atomic E-state index is 10.1. The predicted octanol–water partition coefficient (Wildman–Crippen LogP) is 2.30. The van der Waals surface area contributed by atoms with Gasteiger partial charge < -0.3 is 14.6 Å². The molecule has 3 atom stereocenters. The van der Waals surface area contributed by atoms with Gasteiger partial charge in [-0.1, -0.05) is 18.2 Å².